The zero-order chi connectivity index (χ0) is 13.2. The fraction of sp³-hybridized carbons (Fsp3) is 0.462. The zero-order valence-corrected chi connectivity index (χ0v) is 10.8. The Kier molecular flexibility index (Phi) is 3.54. The molecule has 0 radical (unpaired) electrons. The second-order valence-corrected chi connectivity index (χ2v) is 5.02. The fourth-order valence-electron chi connectivity index (χ4n) is 2.16. The predicted octanol–water partition coefficient (Wildman–Crippen LogP) is 1.22. The maximum absolute atomic E-state index is 12.4. The van der Waals surface area contributed by atoms with Crippen LogP contribution in [0.1, 0.15) is 24.2 Å². The number of amides is 1. The number of morpholine rings is 1. The van der Waals surface area contributed by atoms with Crippen LogP contribution in [-0.2, 0) is 4.74 Å². The number of carbonyl (C=O) groups excluding carboxylic acids is 1. The Morgan fingerprint density at radius 1 is 1.44 bits per heavy atom. The van der Waals surface area contributed by atoms with Crippen molar-refractivity contribution in [3.63, 3.8) is 0 Å². The molecular formula is C13H19N3O2. The van der Waals surface area contributed by atoms with Crippen molar-refractivity contribution in [3.05, 3.63) is 29.8 Å². The molecule has 0 aliphatic carbocycles. The molecule has 1 amide bonds. The van der Waals surface area contributed by atoms with E-state index < -0.39 is 0 Å². The van der Waals surface area contributed by atoms with Crippen molar-refractivity contribution in [2.24, 2.45) is 5.84 Å². The second kappa shape index (κ2) is 4.96. The Hall–Kier alpha value is -1.59. The minimum atomic E-state index is -0.293. The normalized spacial score (nSPS) is 18.5. The van der Waals surface area contributed by atoms with Gasteiger partial charge < -0.3 is 15.1 Å². The number of benzene rings is 1. The van der Waals surface area contributed by atoms with Crippen molar-refractivity contribution >= 4 is 11.6 Å². The Labute approximate surface area is 107 Å². The first-order valence-corrected chi connectivity index (χ1v) is 6.02. The Morgan fingerprint density at radius 2 is 2.17 bits per heavy atom. The summed E-state index contributed by atoms with van der Waals surface area (Å²) in [7, 11) is 0. The van der Waals surface area contributed by atoms with Crippen molar-refractivity contribution in [3.8, 4) is 0 Å². The number of hydrogen-bond donors (Lipinski definition) is 2. The first kappa shape index (κ1) is 12.9. The highest BCUT2D eigenvalue weighted by Gasteiger charge is 2.30. The lowest BCUT2D eigenvalue weighted by molar-refractivity contribution is -0.0763. The SMILES string of the molecule is CC1(C)CN(C(=O)c2ccccc2NN)CCO1. The number of carbonyl (C=O) groups is 1. The second-order valence-electron chi connectivity index (χ2n) is 5.02. The van der Waals surface area contributed by atoms with Gasteiger partial charge in [-0.25, -0.2) is 0 Å². The van der Waals surface area contributed by atoms with Gasteiger partial charge in [-0.1, -0.05) is 12.1 Å². The van der Waals surface area contributed by atoms with Crippen LogP contribution in [0.3, 0.4) is 0 Å². The van der Waals surface area contributed by atoms with Crippen LogP contribution in [-0.4, -0.2) is 36.1 Å². The van der Waals surface area contributed by atoms with E-state index >= 15 is 0 Å². The number of nitrogens with zero attached hydrogens (tertiary/aromatic N) is 1. The van der Waals surface area contributed by atoms with Gasteiger partial charge in [0.2, 0.25) is 0 Å². The standard InChI is InChI=1S/C13H19N3O2/c1-13(2)9-16(7-8-18-13)12(17)10-5-3-4-6-11(10)15-14/h3-6,15H,7-9,14H2,1-2H3. The van der Waals surface area contributed by atoms with Crippen LogP contribution in [0.2, 0.25) is 0 Å². The zero-order valence-electron chi connectivity index (χ0n) is 10.8. The number of hydrazine groups is 1. The van der Waals surface area contributed by atoms with Crippen molar-refractivity contribution in [1.29, 1.82) is 0 Å². The summed E-state index contributed by atoms with van der Waals surface area (Å²) in [6.07, 6.45) is 0. The molecule has 0 aromatic heterocycles. The summed E-state index contributed by atoms with van der Waals surface area (Å²) in [6.45, 7) is 5.74. The lowest BCUT2D eigenvalue weighted by Gasteiger charge is -2.38. The van der Waals surface area contributed by atoms with Crippen LogP contribution >= 0.6 is 0 Å². The molecule has 3 N–H and O–H groups in total. The first-order chi connectivity index (χ1) is 8.53. The summed E-state index contributed by atoms with van der Waals surface area (Å²) >= 11 is 0. The molecule has 98 valence electrons. The molecule has 1 saturated heterocycles. The Balaban J connectivity index is 2.20. The summed E-state index contributed by atoms with van der Waals surface area (Å²) in [6, 6.07) is 7.24. The smallest absolute Gasteiger partial charge is 0.256 e. The van der Waals surface area contributed by atoms with Crippen LogP contribution in [0, 0.1) is 0 Å². The third-order valence-corrected chi connectivity index (χ3v) is 3.03. The van der Waals surface area contributed by atoms with Gasteiger partial charge in [-0.15, -0.1) is 0 Å². The number of rotatable bonds is 2. The average Bonchev–Trinajstić information content (AvgIpc) is 2.36. The van der Waals surface area contributed by atoms with Crippen molar-refractivity contribution in [2.75, 3.05) is 25.1 Å². The third kappa shape index (κ3) is 2.63. The molecule has 1 aromatic carbocycles. The van der Waals surface area contributed by atoms with Gasteiger partial charge in [-0.05, 0) is 26.0 Å². The molecular weight excluding hydrogens is 230 g/mol. The number of nitrogens with two attached hydrogens (primary N) is 1. The monoisotopic (exact) mass is 249 g/mol. The average molecular weight is 249 g/mol. The topological polar surface area (TPSA) is 67.6 Å². The maximum Gasteiger partial charge on any atom is 0.256 e. The summed E-state index contributed by atoms with van der Waals surface area (Å²) in [4.78, 5) is 14.2. The molecule has 0 atom stereocenters. The first-order valence-electron chi connectivity index (χ1n) is 6.02. The number of nitrogen functional groups attached to an aromatic ring is 1. The third-order valence-electron chi connectivity index (χ3n) is 3.03. The molecule has 1 aromatic rings. The lowest BCUT2D eigenvalue weighted by Crippen LogP contribution is -2.50. The Morgan fingerprint density at radius 3 is 2.83 bits per heavy atom. The highest BCUT2D eigenvalue weighted by Crippen LogP contribution is 2.21. The van der Waals surface area contributed by atoms with Crippen LogP contribution < -0.4 is 11.3 Å². The molecule has 0 spiro atoms. The van der Waals surface area contributed by atoms with E-state index in [4.69, 9.17) is 10.6 Å². The van der Waals surface area contributed by atoms with E-state index in [0.717, 1.165) is 0 Å². The Bertz CT molecular complexity index is 446. The number of para-hydroxylation sites is 1. The molecule has 5 heteroatoms. The molecule has 1 fully saturated rings. The van der Waals surface area contributed by atoms with Gasteiger partial charge in [0.25, 0.3) is 5.91 Å². The van der Waals surface area contributed by atoms with Gasteiger partial charge in [-0.2, -0.15) is 0 Å². The molecule has 0 bridgehead atoms. The van der Waals surface area contributed by atoms with E-state index in [2.05, 4.69) is 5.43 Å². The van der Waals surface area contributed by atoms with Crippen molar-refractivity contribution in [1.82, 2.24) is 4.90 Å². The molecule has 1 aliphatic rings. The van der Waals surface area contributed by atoms with Crippen molar-refractivity contribution < 1.29 is 9.53 Å². The van der Waals surface area contributed by atoms with Gasteiger partial charge in [0.1, 0.15) is 0 Å². The van der Waals surface area contributed by atoms with E-state index in [0.29, 0.717) is 30.9 Å². The summed E-state index contributed by atoms with van der Waals surface area (Å²) in [5.41, 5.74) is 3.51. The summed E-state index contributed by atoms with van der Waals surface area (Å²) in [5.74, 6) is 5.41. The summed E-state index contributed by atoms with van der Waals surface area (Å²) in [5, 5.41) is 0. The number of nitrogens with one attached hydrogen (secondary N) is 1. The van der Waals surface area contributed by atoms with E-state index in [1.807, 2.05) is 26.0 Å². The van der Waals surface area contributed by atoms with Gasteiger partial charge in [0.05, 0.1) is 23.5 Å². The minimum Gasteiger partial charge on any atom is -0.372 e. The van der Waals surface area contributed by atoms with Gasteiger partial charge in [-0.3, -0.25) is 10.6 Å². The number of hydrogen-bond acceptors (Lipinski definition) is 4. The largest absolute Gasteiger partial charge is 0.372 e. The van der Waals surface area contributed by atoms with E-state index in [-0.39, 0.29) is 11.5 Å². The van der Waals surface area contributed by atoms with Crippen molar-refractivity contribution in [2.45, 2.75) is 19.4 Å². The fourth-order valence-corrected chi connectivity index (χ4v) is 2.16. The van der Waals surface area contributed by atoms with Crippen LogP contribution in [0.4, 0.5) is 5.69 Å². The highest BCUT2D eigenvalue weighted by molar-refractivity contribution is 5.99. The van der Waals surface area contributed by atoms with E-state index in [9.17, 15) is 4.79 Å². The minimum absolute atomic E-state index is 0.0140. The maximum atomic E-state index is 12.4. The summed E-state index contributed by atoms with van der Waals surface area (Å²) < 4.78 is 5.60. The molecule has 18 heavy (non-hydrogen) atoms. The van der Waals surface area contributed by atoms with Gasteiger partial charge in [0.15, 0.2) is 0 Å². The lowest BCUT2D eigenvalue weighted by atomic mass is 10.1. The van der Waals surface area contributed by atoms with Gasteiger partial charge >= 0.3 is 0 Å². The molecule has 1 aliphatic heterocycles. The molecule has 0 saturated carbocycles. The van der Waals surface area contributed by atoms with Crippen LogP contribution in [0.15, 0.2) is 24.3 Å². The molecule has 0 unspecified atom stereocenters. The molecule has 5 nitrogen and oxygen atoms in total. The van der Waals surface area contributed by atoms with E-state index in [1.54, 1.807) is 17.0 Å². The predicted molar refractivity (Wildman–Crippen MR) is 70.2 cm³/mol. The van der Waals surface area contributed by atoms with Crippen LogP contribution in [0.5, 0.6) is 0 Å². The number of anilines is 1. The molecule has 1 heterocycles. The molecule has 2 rings (SSSR count). The number of ether oxygens (including phenoxy) is 1. The van der Waals surface area contributed by atoms with Crippen LogP contribution in [0.25, 0.3) is 0 Å². The van der Waals surface area contributed by atoms with Gasteiger partial charge in [0, 0.05) is 13.1 Å². The quantitative estimate of drug-likeness (QED) is 0.611. The highest BCUT2D eigenvalue weighted by atomic mass is 16.5. The van der Waals surface area contributed by atoms with E-state index in [1.165, 1.54) is 0 Å².